The van der Waals surface area contributed by atoms with E-state index in [0.717, 1.165) is 18.1 Å². The maximum Gasteiger partial charge on any atom is 0.418 e. The lowest BCUT2D eigenvalue weighted by atomic mass is 9.76. The summed E-state index contributed by atoms with van der Waals surface area (Å²) in [6.07, 6.45) is 0.269. The SMILES string of the molecule is O=S(=O)(c1ccc([C@@H]2Nc3c(cccc3C(F)(F)F)[C@@H]3C=CC[C@@H]32)cc1)N1CCOCC1. The highest BCUT2D eigenvalue weighted by Gasteiger charge is 2.43. The number of hydrogen-bond acceptors (Lipinski definition) is 4. The number of ether oxygens (including phenoxy) is 1. The van der Waals surface area contributed by atoms with Crippen molar-refractivity contribution in [2.24, 2.45) is 5.92 Å². The minimum Gasteiger partial charge on any atom is -0.379 e. The molecule has 32 heavy (non-hydrogen) atoms. The van der Waals surface area contributed by atoms with Crippen molar-refractivity contribution in [2.45, 2.75) is 29.5 Å². The van der Waals surface area contributed by atoms with Crippen LogP contribution in [0.4, 0.5) is 18.9 Å². The van der Waals surface area contributed by atoms with Crippen LogP contribution in [0.5, 0.6) is 0 Å². The summed E-state index contributed by atoms with van der Waals surface area (Å²) in [6, 6.07) is 10.5. The smallest absolute Gasteiger partial charge is 0.379 e. The van der Waals surface area contributed by atoms with Gasteiger partial charge >= 0.3 is 6.18 Å². The van der Waals surface area contributed by atoms with E-state index in [1.807, 2.05) is 12.2 Å². The number of nitrogens with zero attached hydrogens (tertiary/aromatic N) is 1. The van der Waals surface area contributed by atoms with Crippen molar-refractivity contribution >= 4 is 15.7 Å². The molecule has 0 aromatic heterocycles. The minimum atomic E-state index is -4.46. The van der Waals surface area contributed by atoms with E-state index < -0.39 is 21.8 Å². The first-order valence-electron chi connectivity index (χ1n) is 10.6. The number of nitrogens with one attached hydrogen (secondary N) is 1. The molecule has 3 atom stereocenters. The number of fused-ring (bicyclic) bond motifs is 3. The molecule has 3 aliphatic rings. The second-order valence-electron chi connectivity index (χ2n) is 8.33. The van der Waals surface area contributed by atoms with E-state index in [1.165, 1.54) is 10.4 Å². The Morgan fingerprint density at radius 2 is 1.75 bits per heavy atom. The summed E-state index contributed by atoms with van der Waals surface area (Å²) in [4.78, 5) is 0.177. The monoisotopic (exact) mass is 464 g/mol. The van der Waals surface area contributed by atoms with E-state index in [4.69, 9.17) is 4.74 Å². The fourth-order valence-corrected chi connectivity index (χ4v) is 6.38. The second kappa shape index (κ2) is 7.90. The van der Waals surface area contributed by atoms with Crippen molar-refractivity contribution in [1.82, 2.24) is 4.31 Å². The number of hydrogen-bond donors (Lipinski definition) is 1. The molecule has 1 fully saturated rings. The van der Waals surface area contributed by atoms with Gasteiger partial charge in [0.1, 0.15) is 0 Å². The quantitative estimate of drug-likeness (QED) is 0.677. The molecule has 2 aromatic carbocycles. The molecule has 1 aliphatic carbocycles. The van der Waals surface area contributed by atoms with E-state index in [2.05, 4.69) is 5.32 Å². The number of morpholine rings is 1. The number of anilines is 1. The minimum absolute atomic E-state index is 0.0627. The van der Waals surface area contributed by atoms with Crippen molar-refractivity contribution in [1.29, 1.82) is 0 Å². The highest BCUT2D eigenvalue weighted by Crippen LogP contribution is 2.52. The first kappa shape index (κ1) is 21.5. The van der Waals surface area contributed by atoms with Gasteiger partial charge in [0.25, 0.3) is 0 Å². The number of benzene rings is 2. The van der Waals surface area contributed by atoms with Gasteiger partial charge in [0.2, 0.25) is 10.0 Å². The number of para-hydroxylation sites is 1. The van der Waals surface area contributed by atoms with Crippen molar-refractivity contribution < 1.29 is 26.3 Å². The van der Waals surface area contributed by atoms with Gasteiger partial charge in [-0.1, -0.05) is 36.4 Å². The Hall–Kier alpha value is -2.36. The van der Waals surface area contributed by atoms with Crippen LogP contribution in [0.3, 0.4) is 0 Å². The maximum absolute atomic E-state index is 13.7. The second-order valence-corrected chi connectivity index (χ2v) is 10.3. The molecule has 5 nitrogen and oxygen atoms in total. The summed E-state index contributed by atoms with van der Waals surface area (Å²) < 4.78 is 73.4. The van der Waals surface area contributed by atoms with Crippen LogP contribution in [0.1, 0.15) is 35.1 Å². The molecule has 5 rings (SSSR count). The molecule has 170 valence electrons. The summed E-state index contributed by atoms with van der Waals surface area (Å²) in [5.74, 6) is -0.0528. The molecule has 1 N–H and O–H groups in total. The lowest BCUT2D eigenvalue weighted by Gasteiger charge is -2.38. The molecule has 0 unspecified atom stereocenters. The van der Waals surface area contributed by atoms with E-state index in [-0.39, 0.29) is 28.5 Å². The van der Waals surface area contributed by atoms with Crippen LogP contribution in [0.2, 0.25) is 0 Å². The molecular weight excluding hydrogens is 441 g/mol. The Morgan fingerprint density at radius 3 is 2.44 bits per heavy atom. The fourth-order valence-electron chi connectivity index (χ4n) is 4.97. The predicted octanol–water partition coefficient (Wildman–Crippen LogP) is 4.55. The van der Waals surface area contributed by atoms with E-state index >= 15 is 0 Å². The number of allylic oxidation sites excluding steroid dienone is 2. The Kier molecular flexibility index (Phi) is 5.30. The molecule has 2 heterocycles. The molecule has 0 bridgehead atoms. The standard InChI is InChI=1S/C23H23F3N2O3S/c24-23(25,26)20-6-2-5-19-17-3-1-4-18(17)21(27-22(19)20)15-7-9-16(10-8-15)32(29,30)28-11-13-31-14-12-28/h1-3,5-10,17-18,21,27H,4,11-14H2/t17-,18+,21+/m1/s1. The van der Waals surface area contributed by atoms with E-state index in [1.54, 1.807) is 30.3 Å². The third kappa shape index (κ3) is 3.62. The number of alkyl halides is 3. The van der Waals surface area contributed by atoms with Crippen molar-refractivity contribution in [3.63, 3.8) is 0 Å². The van der Waals surface area contributed by atoms with Gasteiger partial charge in [-0.25, -0.2) is 8.42 Å². The van der Waals surface area contributed by atoms with Gasteiger partial charge in [0.15, 0.2) is 0 Å². The Balaban J connectivity index is 1.48. The van der Waals surface area contributed by atoms with Gasteiger partial charge in [-0.2, -0.15) is 17.5 Å². The van der Waals surface area contributed by atoms with Gasteiger partial charge in [-0.3, -0.25) is 0 Å². The zero-order valence-corrected chi connectivity index (χ0v) is 18.0. The first-order valence-corrected chi connectivity index (χ1v) is 12.0. The van der Waals surface area contributed by atoms with Crippen molar-refractivity contribution in [2.75, 3.05) is 31.6 Å². The fraction of sp³-hybridized carbons (Fsp3) is 0.391. The Labute approximate surface area is 184 Å². The molecule has 0 saturated carbocycles. The zero-order chi connectivity index (χ0) is 22.5. The van der Waals surface area contributed by atoms with E-state index in [9.17, 15) is 21.6 Å². The highest BCUT2D eigenvalue weighted by molar-refractivity contribution is 7.89. The average Bonchev–Trinajstić information content (AvgIpc) is 3.28. The molecule has 2 aliphatic heterocycles. The largest absolute Gasteiger partial charge is 0.418 e. The number of halogens is 3. The van der Waals surface area contributed by atoms with Gasteiger partial charge in [-0.05, 0) is 41.7 Å². The molecule has 2 aromatic rings. The summed E-state index contributed by atoms with van der Waals surface area (Å²) in [5, 5.41) is 3.15. The normalized spacial score (nSPS) is 25.8. The summed E-state index contributed by atoms with van der Waals surface area (Å²) >= 11 is 0. The molecule has 0 spiro atoms. The lowest BCUT2D eigenvalue weighted by Crippen LogP contribution is -2.40. The first-order chi connectivity index (χ1) is 15.3. The Morgan fingerprint density at radius 1 is 1.03 bits per heavy atom. The lowest BCUT2D eigenvalue weighted by molar-refractivity contribution is -0.137. The van der Waals surface area contributed by atoms with Gasteiger partial charge in [-0.15, -0.1) is 0 Å². The number of sulfonamides is 1. The average molecular weight is 465 g/mol. The molecule has 9 heteroatoms. The van der Waals surface area contributed by atoms with Crippen LogP contribution in [0.15, 0.2) is 59.5 Å². The molecule has 1 saturated heterocycles. The van der Waals surface area contributed by atoms with Gasteiger partial charge in [0.05, 0.1) is 35.4 Å². The maximum atomic E-state index is 13.7. The summed E-state index contributed by atoms with van der Waals surface area (Å²) in [7, 11) is -3.63. The Bertz CT molecular complexity index is 1140. The zero-order valence-electron chi connectivity index (χ0n) is 17.2. The third-order valence-electron chi connectivity index (χ3n) is 6.55. The van der Waals surface area contributed by atoms with E-state index in [0.29, 0.717) is 31.9 Å². The van der Waals surface area contributed by atoms with Crippen LogP contribution in [-0.4, -0.2) is 39.0 Å². The van der Waals surface area contributed by atoms with Crippen LogP contribution in [0.25, 0.3) is 0 Å². The van der Waals surface area contributed by atoms with Gasteiger partial charge in [0, 0.05) is 19.0 Å². The van der Waals surface area contributed by atoms with Crippen molar-refractivity contribution in [3.8, 4) is 0 Å². The van der Waals surface area contributed by atoms with Crippen LogP contribution in [-0.2, 0) is 20.9 Å². The summed E-state index contributed by atoms with van der Waals surface area (Å²) in [5.41, 5.74) is 0.863. The van der Waals surface area contributed by atoms with Crippen LogP contribution >= 0.6 is 0 Å². The summed E-state index contributed by atoms with van der Waals surface area (Å²) in [6.45, 7) is 1.34. The van der Waals surface area contributed by atoms with Gasteiger partial charge < -0.3 is 10.1 Å². The molecular formula is C23H23F3N2O3S. The molecule has 0 amide bonds. The van der Waals surface area contributed by atoms with Crippen LogP contribution < -0.4 is 5.32 Å². The topological polar surface area (TPSA) is 58.6 Å². The molecule has 0 radical (unpaired) electrons. The highest BCUT2D eigenvalue weighted by atomic mass is 32.2. The van der Waals surface area contributed by atoms with Crippen molar-refractivity contribution in [3.05, 3.63) is 71.3 Å². The predicted molar refractivity (Wildman–Crippen MR) is 114 cm³/mol. The third-order valence-corrected chi connectivity index (χ3v) is 8.46. The number of rotatable bonds is 3. The van der Waals surface area contributed by atoms with Crippen LogP contribution in [0, 0.1) is 5.92 Å².